The minimum atomic E-state index is -4.80. The summed E-state index contributed by atoms with van der Waals surface area (Å²) in [6.07, 6.45) is -1.37. The zero-order chi connectivity index (χ0) is 25.0. The van der Waals surface area contributed by atoms with Gasteiger partial charge in [0.1, 0.15) is 17.6 Å². The Hall–Kier alpha value is -3.46. The second-order valence-electron chi connectivity index (χ2n) is 7.96. The van der Waals surface area contributed by atoms with E-state index in [0.717, 1.165) is 11.3 Å². The number of nitriles is 1. The Bertz CT molecular complexity index is 1260. The molecule has 2 heterocycles. The summed E-state index contributed by atoms with van der Waals surface area (Å²) in [6.45, 7) is 1.96. The van der Waals surface area contributed by atoms with Gasteiger partial charge in [0.2, 0.25) is 5.91 Å². The lowest BCUT2D eigenvalue weighted by Crippen LogP contribution is -2.50. The molecule has 1 aromatic heterocycles. The van der Waals surface area contributed by atoms with Crippen molar-refractivity contribution in [3.8, 4) is 17.6 Å². The number of piperazine rings is 1. The van der Waals surface area contributed by atoms with Gasteiger partial charge in [-0.25, -0.2) is 4.98 Å². The number of alkyl halides is 3. The van der Waals surface area contributed by atoms with E-state index in [2.05, 4.69) is 15.8 Å². The number of amides is 1. The predicted octanol–water partition coefficient (Wildman–Crippen LogP) is 4.40. The molecular formula is C24H24Cl2F3N5O3. The molecule has 3 aromatic rings. The van der Waals surface area contributed by atoms with E-state index in [1.54, 1.807) is 30.7 Å². The minimum Gasteiger partial charge on any atom is -0.495 e. The van der Waals surface area contributed by atoms with Gasteiger partial charge in [-0.15, -0.1) is 38.0 Å². The number of methoxy groups -OCH3 is 1. The Labute approximate surface area is 224 Å². The number of carbonyl (C=O) groups excluding carboxylic acids is 1. The molecule has 1 fully saturated rings. The van der Waals surface area contributed by atoms with Crippen LogP contribution in [-0.4, -0.2) is 53.5 Å². The molecule has 8 nitrogen and oxygen atoms in total. The lowest BCUT2D eigenvalue weighted by molar-refractivity contribution is -0.274. The number of anilines is 1. The topological polar surface area (TPSA) is 83.6 Å². The van der Waals surface area contributed by atoms with Gasteiger partial charge in [-0.3, -0.25) is 9.69 Å². The van der Waals surface area contributed by atoms with Crippen molar-refractivity contribution in [1.29, 1.82) is 5.26 Å². The van der Waals surface area contributed by atoms with Crippen molar-refractivity contribution in [3.63, 3.8) is 0 Å². The molecule has 0 atom stereocenters. The van der Waals surface area contributed by atoms with Crippen LogP contribution >= 0.6 is 24.8 Å². The average molecular weight is 558 g/mol. The molecule has 0 spiro atoms. The first kappa shape index (κ1) is 29.8. The summed E-state index contributed by atoms with van der Waals surface area (Å²) >= 11 is 0. The number of carbonyl (C=O) groups is 1. The summed E-state index contributed by atoms with van der Waals surface area (Å²) < 4.78 is 48.8. The monoisotopic (exact) mass is 557 g/mol. The van der Waals surface area contributed by atoms with Gasteiger partial charge in [-0.05, 0) is 29.8 Å². The van der Waals surface area contributed by atoms with E-state index in [1.165, 1.54) is 30.2 Å². The summed E-state index contributed by atoms with van der Waals surface area (Å²) in [7, 11) is 1.51. The van der Waals surface area contributed by atoms with Crippen LogP contribution in [0.1, 0.15) is 16.8 Å². The van der Waals surface area contributed by atoms with Crippen LogP contribution < -0.4 is 14.4 Å². The van der Waals surface area contributed by atoms with Crippen molar-refractivity contribution < 1.29 is 27.4 Å². The van der Waals surface area contributed by atoms with Crippen LogP contribution in [0.25, 0.3) is 0 Å². The van der Waals surface area contributed by atoms with Gasteiger partial charge in [0.15, 0.2) is 0 Å². The lowest BCUT2D eigenvalue weighted by Gasteiger charge is -2.34. The molecule has 37 heavy (non-hydrogen) atoms. The second-order valence-corrected chi connectivity index (χ2v) is 7.96. The molecule has 198 valence electrons. The third-order valence-corrected chi connectivity index (χ3v) is 5.59. The van der Waals surface area contributed by atoms with E-state index in [-0.39, 0.29) is 43.0 Å². The van der Waals surface area contributed by atoms with E-state index in [4.69, 9.17) is 10.00 Å². The van der Waals surface area contributed by atoms with Crippen LogP contribution in [-0.2, 0) is 17.9 Å². The first-order valence-electron chi connectivity index (χ1n) is 10.7. The van der Waals surface area contributed by atoms with Crippen molar-refractivity contribution in [2.75, 3.05) is 31.6 Å². The third-order valence-electron chi connectivity index (χ3n) is 5.59. The Morgan fingerprint density at radius 1 is 1.11 bits per heavy atom. The number of rotatable bonds is 7. The largest absolute Gasteiger partial charge is 0.573 e. The fourth-order valence-electron chi connectivity index (χ4n) is 3.95. The fraction of sp³-hybridized carbons (Fsp3) is 0.292. The molecule has 4 rings (SSSR count). The number of aromatic nitrogens is 2. The van der Waals surface area contributed by atoms with Gasteiger partial charge < -0.3 is 18.9 Å². The van der Waals surface area contributed by atoms with Crippen LogP contribution in [0.15, 0.2) is 55.0 Å². The Balaban J connectivity index is 0.00000241. The first-order chi connectivity index (χ1) is 16.8. The summed E-state index contributed by atoms with van der Waals surface area (Å²) in [6, 6.07) is 12.9. The van der Waals surface area contributed by atoms with Crippen molar-refractivity contribution in [3.05, 3.63) is 71.8 Å². The molecule has 1 saturated heterocycles. The van der Waals surface area contributed by atoms with Gasteiger partial charge in [0.05, 0.1) is 31.2 Å². The van der Waals surface area contributed by atoms with E-state index in [0.29, 0.717) is 43.2 Å². The maximum absolute atomic E-state index is 12.8. The Morgan fingerprint density at radius 3 is 2.57 bits per heavy atom. The van der Waals surface area contributed by atoms with Gasteiger partial charge in [0, 0.05) is 44.1 Å². The average Bonchev–Trinajstić information content (AvgIpc) is 3.24. The van der Waals surface area contributed by atoms with Gasteiger partial charge in [0.25, 0.3) is 0 Å². The number of nitrogens with zero attached hydrogens (tertiary/aromatic N) is 5. The molecule has 2 aromatic carbocycles. The van der Waals surface area contributed by atoms with Crippen LogP contribution in [0.2, 0.25) is 0 Å². The standard InChI is InChI=1S/C24H22F3N5O3.2ClH/c1-34-22-9-17(5-6-18(22)11-28)13-31-16-29-12-20(31)14-30-7-8-32(23(33)15-30)19-3-2-4-21(10-19)35-24(25,26)27;;/h2-6,9-10,12,16H,7-8,13-15H2,1H3;2*1H. The van der Waals surface area contributed by atoms with Crippen molar-refractivity contribution in [2.24, 2.45) is 0 Å². The fourth-order valence-corrected chi connectivity index (χ4v) is 3.95. The predicted molar refractivity (Wildman–Crippen MR) is 134 cm³/mol. The molecule has 0 radical (unpaired) electrons. The summed E-state index contributed by atoms with van der Waals surface area (Å²) in [5, 5.41) is 9.16. The highest BCUT2D eigenvalue weighted by Crippen LogP contribution is 2.28. The molecular weight excluding hydrogens is 534 g/mol. The van der Waals surface area contributed by atoms with Crippen LogP contribution in [0.4, 0.5) is 18.9 Å². The van der Waals surface area contributed by atoms with Crippen molar-refractivity contribution in [1.82, 2.24) is 14.5 Å². The Kier molecular flexibility index (Phi) is 10.2. The van der Waals surface area contributed by atoms with Gasteiger partial charge in [-0.2, -0.15) is 5.26 Å². The molecule has 0 unspecified atom stereocenters. The first-order valence-corrected chi connectivity index (χ1v) is 10.7. The van der Waals surface area contributed by atoms with E-state index in [1.807, 2.05) is 15.5 Å². The van der Waals surface area contributed by atoms with Gasteiger partial charge in [-0.1, -0.05) is 12.1 Å². The zero-order valence-electron chi connectivity index (χ0n) is 19.6. The maximum Gasteiger partial charge on any atom is 0.573 e. The third kappa shape index (κ3) is 7.52. The molecule has 0 aliphatic carbocycles. The number of imidazole rings is 1. The lowest BCUT2D eigenvalue weighted by atomic mass is 10.1. The molecule has 1 amide bonds. The minimum absolute atomic E-state index is 0. The highest BCUT2D eigenvalue weighted by atomic mass is 35.5. The highest BCUT2D eigenvalue weighted by molar-refractivity contribution is 5.95. The quantitative estimate of drug-likeness (QED) is 0.428. The van der Waals surface area contributed by atoms with E-state index >= 15 is 0 Å². The number of ether oxygens (including phenoxy) is 2. The SMILES string of the molecule is COc1cc(Cn2cncc2CN2CCN(c3cccc(OC(F)(F)F)c3)C(=O)C2)ccc1C#N.Cl.Cl. The van der Waals surface area contributed by atoms with E-state index in [9.17, 15) is 18.0 Å². The van der Waals surface area contributed by atoms with Gasteiger partial charge >= 0.3 is 6.36 Å². The van der Waals surface area contributed by atoms with Crippen LogP contribution in [0.5, 0.6) is 11.5 Å². The number of hydrogen-bond donors (Lipinski definition) is 0. The summed E-state index contributed by atoms with van der Waals surface area (Å²) in [4.78, 5) is 20.4. The summed E-state index contributed by atoms with van der Waals surface area (Å²) in [5.41, 5.74) is 2.64. The molecule has 0 saturated carbocycles. The summed E-state index contributed by atoms with van der Waals surface area (Å²) in [5.74, 6) is -0.0880. The van der Waals surface area contributed by atoms with Crippen LogP contribution in [0.3, 0.4) is 0 Å². The Morgan fingerprint density at radius 2 is 1.89 bits per heavy atom. The maximum atomic E-state index is 12.8. The number of halogens is 5. The molecule has 1 aliphatic rings. The van der Waals surface area contributed by atoms with E-state index < -0.39 is 6.36 Å². The number of hydrogen-bond acceptors (Lipinski definition) is 6. The van der Waals surface area contributed by atoms with Crippen LogP contribution in [0, 0.1) is 11.3 Å². The molecule has 13 heteroatoms. The highest BCUT2D eigenvalue weighted by Gasteiger charge is 2.32. The zero-order valence-corrected chi connectivity index (χ0v) is 21.3. The van der Waals surface area contributed by atoms with Crippen molar-refractivity contribution >= 4 is 36.4 Å². The second kappa shape index (κ2) is 12.7. The normalized spacial score (nSPS) is 13.8. The number of benzene rings is 2. The molecule has 0 bridgehead atoms. The molecule has 1 aliphatic heterocycles. The van der Waals surface area contributed by atoms with Crippen molar-refractivity contribution in [2.45, 2.75) is 19.5 Å². The smallest absolute Gasteiger partial charge is 0.495 e. The molecule has 0 N–H and O–H groups in total.